The number of aliphatic carboxylic acids is 3. The van der Waals surface area contributed by atoms with Crippen LogP contribution in [0, 0.1) is 0 Å². The molecule has 5 N–H and O–H groups in total. The molecule has 0 saturated heterocycles. The van der Waals surface area contributed by atoms with Gasteiger partial charge in [0.15, 0.2) is 0 Å². The van der Waals surface area contributed by atoms with E-state index in [1.807, 2.05) is 5.32 Å². The monoisotopic (exact) mass is 363 g/mol. The number of thioether (sulfide) groups is 1. The van der Waals surface area contributed by atoms with Gasteiger partial charge >= 0.3 is 0 Å². The lowest BCUT2D eigenvalue weighted by molar-refractivity contribution is -0.438. The van der Waals surface area contributed by atoms with E-state index in [-0.39, 0.29) is 18.6 Å². The Kier molecular flexibility index (Phi) is 10.1. The Labute approximate surface area is 141 Å². The van der Waals surface area contributed by atoms with Crippen molar-refractivity contribution in [3.63, 3.8) is 0 Å². The molecule has 136 valence electrons. The second-order valence-corrected chi connectivity index (χ2v) is 5.68. The molecular formula is C12H17N3O8S-2. The van der Waals surface area contributed by atoms with Crippen LogP contribution in [0.3, 0.4) is 0 Å². The van der Waals surface area contributed by atoms with Crippen molar-refractivity contribution in [3.8, 4) is 0 Å². The van der Waals surface area contributed by atoms with Gasteiger partial charge in [0.25, 0.3) is 0 Å². The van der Waals surface area contributed by atoms with Crippen LogP contribution < -0.4 is 31.7 Å². The highest BCUT2D eigenvalue weighted by Gasteiger charge is 2.21. The van der Waals surface area contributed by atoms with Crippen molar-refractivity contribution < 1.29 is 45.0 Å². The molecule has 0 unspecified atom stereocenters. The van der Waals surface area contributed by atoms with Crippen molar-refractivity contribution in [2.24, 2.45) is 0 Å². The summed E-state index contributed by atoms with van der Waals surface area (Å²) in [5, 5.41) is 35.4. The minimum Gasteiger partial charge on any atom is -0.549 e. The van der Waals surface area contributed by atoms with Gasteiger partial charge in [-0.1, -0.05) is 0 Å². The van der Waals surface area contributed by atoms with E-state index in [4.69, 9.17) is 0 Å². The fraction of sp³-hybridized carbons (Fsp3) is 0.583. The van der Waals surface area contributed by atoms with Gasteiger partial charge in [0.05, 0.1) is 24.5 Å². The maximum atomic E-state index is 11.8. The molecule has 2 amide bonds. The van der Waals surface area contributed by atoms with Crippen LogP contribution in [0.15, 0.2) is 0 Å². The Morgan fingerprint density at radius 1 is 1.04 bits per heavy atom. The third-order valence-corrected chi connectivity index (χ3v) is 3.63. The fourth-order valence-corrected chi connectivity index (χ4v) is 2.17. The Morgan fingerprint density at radius 3 is 2.17 bits per heavy atom. The van der Waals surface area contributed by atoms with Crippen molar-refractivity contribution in [2.45, 2.75) is 24.9 Å². The average Bonchev–Trinajstić information content (AvgIpc) is 2.48. The van der Waals surface area contributed by atoms with Crippen LogP contribution in [-0.4, -0.2) is 59.9 Å². The highest BCUT2D eigenvalue weighted by atomic mass is 32.2. The first-order chi connectivity index (χ1) is 11.1. The molecule has 0 fully saturated rings. The third-order valence-electron chi connectivity index (χ3n) is 2.62. The smallest absolute Gasteiger partial charge is 0.243 e. The molecule has 2 atom stereocenters. The predicted molar refractivity (Wildman–Crippen MR) is 73.2 cm³/mol. The van der Waals surface area contributed by atoms with Crippen LogP contribution in [0.5, 0.6) is 0 Å². The van der Waals surface area contributed by atoms with Crippen LogP contribution in [0.2, 0.25) is 0 Å². The molecule has 0 heterocycles. The number of carbonyl (C=O) groups is 5. The topological polar surface area (TPSA) is 206 Å². The van der Waals surface area contributed by atoms with Crippen molar-refractivity contribution in [2.75, 3.05) is 18.1 Å². The lowest BCUT2D eigenvalue weighted by Crippen LogP contribution is -2.68. The number of carboxylic acid groups (broad SMARTS) is 3. The number of rotatable bonds is 12. The number of nitrogens with one attached hydrogen (secondary N) is 2. The quantitative estimate of drug-likeness (QED) is 0.300. The van der Waals surface area contributed by atoms with E-state index in [1.165, 1.54) is 0 Å². The zero-order valence-electron chi connectivity index (χ0n) is 12.6. The molecule has 0 saturated carbocycles. The summed E-state index contributed by atoms with van der Waals surface area (Å²) in [4.78, 5) is 54.7. The molecule has 24 heavy (non-hydrogen) atoms. The molecule has 0 radical (unpaired) electrons. The molecular weight excluding hydrogens is 346 g/mol. The first kappa shape index (κ1) is 21.7. The summed E-state index contributed by atoms with van der Waals surface area (Å²) in [5.41, 5.74) is 3.27. The molecule has 0 spiro atoms. The summed E-state index contributed by atoms with van der Waals surface area (Å²) in [5.74, 6) is -6.41. The standard InChI is InChI=1S/C12H19N3O8S/c13-6(12(22)23)1-2-8(16)15-7(4-24-5-10(19)20)11(21)14-3-9(17)18/h6-7H,1-5,13H2,(H,14,21)(H,15,16)(H,17,18)(H,19,20)(H,22,23)/p-2/t6-,7-/m0/s1. The molecule has 0 aliphatic rings. The summed E-state index contributed by atoms with van der Waals surface area (Å²) in [7, 11) is 0. The minimum absolute atomic E-state index is 0.117. The van der Waals surface area contributed by atoms with Gasteiger partial charge in [0, 0.05) is 24.3 Å². The minimum atomic E-state index is -1.54. The van der Waals surface area contributed by atoms with Crippen LogP contribution in [-0.2, 0) is 24.0 Å². The number of hydrogen-bond donors (Lipinski definition) is 3. The number of carbonyl (C=O) groups excluding carboxylic acids is 5. The van der Waals surface area contributed by atoms with Gasteiger partial charge < -0.3 is 46.1 Å². The molecule has 12 heteroatoms. The molecule has 0 aromatic heterocycles. The SMILES string of the molecule is [NH3+][C@@H](CCC(=O)N[C@@H](CSCC(=O)[O-])C(=O)NCC(=O)[O-])C(=O)[O-]. The van der Waals surface area contributed by atoms with E-state index < -0.39 is 54.1 Å². The second-order valence-electron chi connectivity index (χ2n) is 4.65. The Balaban J connectivity index is 4.57. The molecule has 11 nitrogen and oxygen atoms in total. The Hall–Kier alpha value is -2.34. The highest BCUT2D eigenvalue weighted by molar-refractivity contribution is 8.00. The van der Waals surface area contributed by atoms with Gasteiger partial charge in [-0.05, 0) is 0 Å². The summed E-state index contributed by atoms with van der Waals surface area (Å²) >= 11 is 0.786. The van der Waals surface area contributed by atoms with Gasteiger partial charge in [0.1, 0.15) is 12.1 Å². The molecule has 0 aromatic carbocycles. The van der Waals surface area contributed by atoms with Gasteiger partial charge in [-0.25, -0.2) is 0 Å². The van der Waals surface area contributed by atoms with E-state index in [1.54, 1.807) is 0 Å². The summed E-state index contributed by atoms with van der Waals surface area (Å²) in [6.07, 6.45) is -0.370. The molecule has 0 aromatic rings. The largest absolute Gasteiger partial charge is 0.549 e. The molecule has 0 aliphatic carbocycles. The lowest BCUT2D eigenvalue weighted by atomic mass is 10.1. The zero-order valence-corrected chi connectivity index (χ0v) is 13.4. The maximum absolute atomic E-state index is 11.8. The third kappa shape index (κ3) is 10.4. The van der Waals surface area contributed by atoms with Crippen LogP contribution >= 0.6 is 11.8 Å². The fourth-order valence-electron chi connectivity index (χ4n) is 1.42. The van der Waals surface area contributed by atoms with Crippen molar-refractivity contribution in [3.05, 3.63) is 0 Å². The number of quaternary nitrogens is 1. The van der Waals surface area contributed by atoms with E-state index in [0.29, 0.717) is 0 Å². The van der Waals surface area contributed by atoms with Gasteiger partial charge in [-0.3, -0.25) is 9.59 Å². The van der Waals surface area contributed by atoms with Crippen molar-refractivity contribution in [1.29, 1.82) is 0 Å². The van der Waals surface area contributed by atoms with Crippen LogP contribution in [0.1, 0.15) is 12.8 Å². The molecule has 0 aliphatic heterocycles. The van der Waals surface area contributed by atoms with Crippen LogP contribution in [0.4, 0.5) is 0 Å². The van der Waals surface area contributed by atoms with E-state index in [2.05, 4.69) is 11.1 Å². The predicted octanol–water partition coefficient (Wildman–Crippen LogP) is -7.04. The zero-order chi connectivity index (χ0) is 18.7. The van der Waals surface area contributed by atoms with E-state index in [9.17, 15) is 39.3 Å². The summed E-state index contributed by atoms with van der Waals surface area (Å²) < 4.78 is 0. The highest BCUT2D eigenvalue weighted by Crippen LogP contribution is 2.04. The van der Waals surface area contributed by atoms with Gasteiger partial charge in [0.2, 0.25) is 11.8 Å². The van der Waals surface area contributed by atoms with Crippen molar-refractivity contribution >= 4 is 41.5 Å². The summed E-state index contributed by atoms with van der Waals surface area (Å²) in [6, 6.07) is -2.30. The molecule has 0 rings (SSSR count). The van der Waals surface area contributed by atoms with Crippen LogP contribution in [0.25, 0.3) is 0 Å². The second kappa shape index (κ2) is 11.2. The number of carboxylic acids is 3. The van der Waals surface area contributed by atoms with E-state index in [0.717, 1.165) is 11.8 Å². The summed E-state index contributed by atoms with van der Waals surface area (Å²) in [6.45, 7) is -0.776. The average molecular weight is 363 g/mol. The van der Waals surface area contributed by atoms with Crippen molar-refractivity contribution in [1.82, 2.24) is 10.6 Å². The Morgan fingerprint density at radius 2 is 1.67 bits per heavy atom. The first-order valence-corrected chi connectivity index (χ1v) is 7.87. The first-order valence-electron chi connectivity index (χ1n) is 6.72. The number of amides is 2. The maximum Gasteiger partial charge on any atom is 0.243 e. The normalized spacial score (nSPS) is 12.7. The van der Waals surface area contributed by atoms with Gasteiger partial charge in [-0.15, -0.1) is 0 Å². The van der Waals surface area contributed by atoms with E-state index >= 15 is 0 Å². The Bertz CT molecular complexity index is 499. The number of hydrogen-bond acceptors (Lipinski definition) is 9. The lowest BCUT2D eigenvalue weighted by Gasteiger charge is -2.19. The van der Waals surface area contributed by atoms with Gasteiger partial charge in [-0.2, -0.15) is 11.8 Å². The molecule has 0 bridgehead atoms.